The van der Waals surface area contributed by atoms with Crippen molar-refractivity contribution < 1.29 is 24.3 Å². The molecule has 4 unspecified atom stereocenters. The van der Waals surface area contributed by atoms with Crippen molar-refractivity contribution in [1.29, 1.82) is 0 Å². The number of nitrogens with one attached hydrogen (secondary N) is 3. The van der Waals surface area contributed by atoms with Gasteiger partial charge in [0.15, 0.2) is 5.96 Å². The predicted molar refractivity (Wildman–Crippen MR) is 154 cm³/mol. The lowest BCUT2D eigenvalue weighted by Gasteiger charge is -2.26. The van der Waals surface area contributed by atoms with Crippen molar-refractivity contribution in [2.24, 2.45) is 33.8 Å². The second-order valence-electron chi connectivity index (χ2n) is 10.2. The Balaban J connectivity index is 2.94. The summed E-state index contributed by atoms with van der Waals surface area (Å²) in [6.07, 6.45) is 2.49. The van der Waals surface area contributed by atoms with E-state index in [1.165, 1.54) is 0 Å². The highest BCUT2D eigenvalue weighted by atomic mass is 16.4. The lowest BCUT2D eigenvalue weighted by molar-refractivity contribution is -0.142. The Morgan fingerprint density at radius 2 is 1.43 bits per heavy atom. The largest absolute Gasteiger partial charge is 0.480 e. The van der Waals surface area contributed by atoms with Gasteiger partial charge in [0.25, 0.3) is 0 Å². The standard InChI is InChI=1S/C27H46N8O5/c1-17(2)15-22(25(38)34-21(26(39)40)12-8-14-32-27(30)31)35-24(37)20(11-6-7-13-28)33-23(36)19(29)16-18-9-4-3-5-10-18/h3-5,9-10,17,19-22H,6-8,11-16,28-29H2,1-2H3,(H,33,36)(H,34,38)(H,35,37)(H,39,40)(H4,30,31,32). The summed E-state index contributed by atoms with van der Waals surface area (Å²) in [5.74, 6) is -3.00. The molecule has 0 aromatic heterocycles. The van der Waals surface area contributed by atoms with Crippen LogP contribution in [0.4, 0.5) is 0 Å². The molecule has 12 N–H and O–H groups in total. The maximum atomic E-state index is 13.3. The summed E-state index contributed by atoms with van der Waals surface area (Å²) >= 11 is 0. The van der Waals surface area contributed by atoms with Gasteiger partial charge in [-0.3, -0.25) is 19.4 Å². The number of hydrogen-bond acceptors (Lipinski definition) is 7. The summed E-state index contributed by atoms with van der Waals surface area (Å²) < 4.78 is 0. The molecule has 1 aromatic rings. The first-order chi connectivity index (χ1) is 18.9. The number of carboxylic acid groups (broad SMARTS) is 1. The number of carbonyl (C=O) groups is 4. The van der Waals surface area contributed by atoms with Crippen LogP contribution in [0.2, 0.25) is 0 Å². The van der Waals surface area contributed by atoms with Crippen LogP contribution in [-0.2, 0) is 25.6 Å². The minimum Gasteiger partial charge on any atom is -0.480 e. The molecular weight excluding hydrogens is 516 g/mol. The molecule has 0 radical (unpaired) electrons. The van der Waals surface area contributed by atoms with Crippen LogP contribution < -0.4 is 38.9 Å². The second kappa shape index (κ2) is 18.6. The van der Waals surface area contributed by atoms with Crippen LogP contribution in [-0.4, -0.2) is 72.0 Å². The zero-order valence-electron chi connectivity index (χ0n) is 23.5. The van der Waals surface area contributed by atoms with Gasteiger partial charge in [-0.2, -0.15) is 0 Å². The molecule has 0 aliphatic carbocycles. The molecular formula is C27H46N8O5. The SMILES string of the molecule is CC(C)CC(NC(=O)C(CCCCN)NC(=O)C(N)Cc1ccccc1)C(=O)NC(CCCN=C(N)N)C(=O)O. The number of nitrogens with zero attached hydrogens (tertiary/aromatic N) is 1. The van der Waals surface area contributed by atoms with E-state index < -0.39 is 47.9 Å². The van der Waals surface area contributed by atoms with Crippen LogP contribution in [0.25, 0.3) is 0 Å². The summed E-state index contributed by atoms with van der Waals surface area (Å²) in [7, 11) is 0. The van der Waals surface area contributed by atoms with Crippen molar-refractivity contribution in [2.45, 2.75) is 83.0 Å². The van der Waals surface area contributed by atoms with E-state index in [0.29, 0.717) is 38.6 Å². The van der Waals surface area contributed by atoms with Gasteiger partial charge in [0.1, 0.15) is 18.1 Å². The van der Waals surface area contributed by atoms with Crippen LogP contribution in [0.15, 0.2) is 35.3 Å². The van der Waals surface area contributed by atoms with Crippen molar-refractivity contribution in [1.82, 2.24) is 16.0 Å². The minimum absolute atomic E-state index is 0.00534. The monoisotopic (exact) mass is 562 g/mol. The van der Waals surface area contributed by atoms with Gasteiger partial charge in [0, 0.05) is 6.54 Å². The van der Waals surface area contributed by atoms with Gasteiger partial charge < -0.3 is 44.0 Å². The molecule has 13 nitrogen and oxygen atoms in total. The van der Waals surface area contributed by atoms with Crippen molar-refractivity contribution in [3.8, 4) is 0 Å². The number of unbranched alkanes of at least 4 members (excludes halogenated alkanes) is 1. The van der Waals surface area contributed by atoms with Gasteiger partial charge >= 0.3 is 5.97 Å². The summed E-state index contributed by atoms with van der Waals surface area (Å²) in [6.45, 7) is 4.39. The third-order valence-corrected chi connectivity index (χ3v) is 6.12. The third kappa shape index (κ3) is 13.9. The van der Waals surface area contributed by atoms with Crippen LogP contribution in [0.1, 0.15) is 57.9 Å². The van der Waals surface area contributed by atoms with E-state index in [0.717, 1.165) is 5.56 Å². The van der Waals surface area contributed by atoms with Crippen molar-refractivity contribution >= 4 is 29.7 Å². The van der Waals surface area contributed by atoms with E-state index in [2.05, 4.69) is 20.9 Å². The van der Waals surface area contributed by atoms with E-state index in [1.54, 1.807) is 0 Å². The first-order valence-electron chi connectivity index (χ1n) is 13.6. The van der Waals surface area contributed by atoms with Crippen LogP contribution in [0.3, 0.4) is 0 Å². The quantitative estimate of drug-likeness (QED) is 0.0604. The maximum absolute atomic E-state index is 13.3. The average Bonchev–Trinajstić information content (AvgIpc) is 2.89. The molecule has 0 heterocycles. The number of amides is 3. The summed E-state index contributed by atoms with van der Waals surface area (Å²) in [4.78, 5) is 54.8. The van der Waals surface area contributed by atoms with Crippen molar-refractivity contribution in [2.75, 3.05) is 13.1 Å². The Morgan fingerprint density at radius 3 is 2.00 bits per heavy atom. The molecule has 0 aliphatic heterocycles. The normalized spacial score (nSPS) is 13.9. The fourth-order valence-corrected chi connectivity index (χ4v) is 4.01. The van der Waals surface area contributed by atoms with E-state index in [1.807, 2.05) is 44.2 Å². The van der Waals surface area contributed by atoms with Gasteiger partial charge in [-0.15, -0.1) is 0 Å². The molecule has 13 heteroatoms. The lowest BCUT2D eigenvalue weighted by atomic mass is 10.0. The van der Waals surface area contributed by atoms with E-state index in [9.17, 15) is 24.3 Å². The topological polar surface area (TPSA) is 241 Å². The molecule has 0 saturated carbocycles. The first kappa shape index (κ1) is 34.3. The number of nitrogens with two attached hydrogens (primary N) is 4. The molecule has 0 fully saturated rings. The maximum Gasteiger partial charge on any atom is 0.326 e. The number of aliphatic carboxylic acids is 1. The van der Waals surface area contributed by atoms with E-state index >= 15 is 0 Å². The van der Waals surface area contributed by atoms with Crippen LogP contribution >= 0.6 is 0 Å². The molecule has 0 saturated heterocycles. The Labute approximate surface area is 235 Å². The third-order valence-electron chi connectivity index (χ3n) is 6.12. The number of benzene rings is 1. The van der Waals surface area contributed by atoms with Crippen molar-refractivity contribution in [3.05, 3.63) is 35.9 Å². The fraction of sp³-hybridized carbons (Fsp3) is 0.593. The number of carboxylic acids is 1. The fourth-order valence-electron chi connectivity index (χ4n) is 4.01. The smallest absolute Gasteiger partial charge is 0.326 e. The Hall–Kier alpha value is -3.71. The van der Waals surface area contributed by atoms with Gasteiger partial charge in [-0.25, -0.2) is 4.79 Å². The average molecular weight is 563 g/mol. The van der Waals surface area contributed by atoms with Crippen LogP contribution in [0, 0.1) is 5.92 Å². The second-order valence-corrected chi connectivity index (χ2v) is 10.2. The highest BCUT2D eigenvalue weighted by Gasteiger charge is 2.30. The molecule has 1 aromatic carbocycles. The minimum atomic E-state index is -1.22. The van der Waals surface area contributed by atoms with Crippen LogP contribution in [0.5, 0.6) is 0 Å². The molecule has 224 valence electrons. The number of hydrogen-bond donors (Lipinski definition) is 8. The summed E-state index contributed by atoms with van der Waals surface area (Å²) in [5, 5.41) is 17.5. The predicted octanol–water partition coefficient (Wildman–Crippen LogP) is -0.676. The molecule has 1 rings (SSSR count). The molecule has 0 aliphatic rings. The molecule has 0 spiro atoms. The molecule has 4 atom stereocenters. The van der Waals surface area contributed by atoms with E-state index in [4.69, 9.17) is 22.9 Å². The zero-order chi connectivity index (χ0) is 30.1. The summed E-state index contributed by atoms with van der Waals surface area (Å²) in [5.41, 5.74) is 23.2. The highest BCUT2D eigenvalue weighted by Crippen LogP contribution is 2.10. The van der Waals surface area contributed by atoms with Gasteiger partial charge in [-0.1, -0.05) is 44.2 Å². The number of aliphatic imine (C=N–C) groups is 1. The Kier molecular flexibility index (Phi) is 15.9. The number of carbonyl (C=O) groups excluding carboxylic acids is 3. The summed E-state index contributed by atoms with van der Waals surface area (Å²) in [6, 6.07) is 5.25. The number of guanidine groups is 1. The van der Waals surface area contributed by atoms with Crippen molar-refractivity contribution in [3.63, 3.8) is 0 Å². The Morgan fingerprint density at radius 1 is 0.850 bits per heavy atom. The number of rotatable bonds is 19. The highest BCUT2D eigenvalue weighted by molar-refractivity contribution is 5.94. The first-order valence-corrected chi connectivity index (χ1v) is 13.6. The molecule has 0 bridgehead atoms. The lowest BCUT2D eigenvalue weighted by Crippen LogP contribution is -2.57. The Bertz CT molecular complexity index is 969. The zero-order valence-corrected chi connectivity index (χ0v) is 23.5. The van der Waals surface area contributed by atoms with Gasteiger partial charge in [0.05, 0.1) is 6.04 Å². The molecule has 3 amide bonds. The molecule has 40 heavy (non-hydrogen) atoms. The van der Waals surface area contributed by atoms with E-state index in [-0.39, 0.29) is 31.3 Å². The van der Waals surface area contributed by atoms with Gasteiger partial charge in [0.2, 0.25) is 17.7 Å². The van der Waals surface area contributed by atoms with Gasteiger partial charge in [-0.05, 0) is 63.0 Å².